The van der Waals surface area contributed by atoms with E-state index < -0.39 is 5.97 Å². The molecule has 3 heterocycles. The van der Waals surface area contributed by atoms with Crippen molar-refractivity contribution in [2.75, 3.05) is 18.1 Å². The van der Waals surface area contributed by atoms with E-state index in [1.165, 1.54) is 11.6 Å². The lowest BCUT2D eigenvalue weighted by Crippen LogP contribution is -2.26. The highest BCUT2D eigenvalue weighted by Gasteiger charge is 2.25. The van der Waals surface area contributed by atoms with Crippen LogP contribution in [0.3, 0.4) is 0 Å². The number of anilines is 1. The van der Waals surface area contributed by atoms with Crippen LogP contribution >= 0.6 is 23.2 Å². The van der Waals surface area contributed by atoms with Crippen molar-refractivity contribution < 1.29 is 19.4 Å². The summed E-state index contributed by atoms with van der Waals surface area (Å²) in [6, 6.07) is 14.7. The molecule has 6 rings (SSSR count). The molecule has 50 heavy (non-hydrogen) atoms. The third kappa shape index (κ3) is 6.32. The molecule has 0 aliphatic heterocycles. The zero-order chi connectivity index (χ0) is 35.9. The van der Waals surface area contributed by atoms with Gasteiger partial charge < -0.3 is 19.3 Å². The number of aryl methyl sites for hydroxylation is 5. The second kappa shape index (κ2) is 14.2. The number of pyridine rings is 1. The highest BCUT2D eigenvalue weighted by molar-refractivity contribution is 6.35. The number of amides is 1. The number of rotatable bonds is 12. The SMILES string of the molecule is Cc1cc(OCCCc2c(C)n(CCN(C=O)c3ccc(C(=O)O)c4ncccc34)c3c(-c4c(C)nn(C)c4C)c(Cl)ccc23)cc(C)c1Cl. The van der Waals surface area contributed by atoms with Crippen LogP contribution in [0.15, 0.2) is 54.7 Å². The van der Waals surface area contributed by atoms with Crippen LogP contribution in [0.2, 0.25) is 10.0 Å². The first-order valence-corrected chi connectivity index (χ1v) is 17.2. The minimum absolute atomic E-state index is 0.0823. The Morgan fingerprint density at radius 1 is 0.980 bits per heavy atom. The quantitative estimate of drug-likeness (QED) is 0.101. The van der Waals surface area contributed by atoms with Crippen molar-refractivity contribution in [2.45, 2.75) is 54.0 Å². The van der Waals surface area contributed by atoms with E-state index >= 15 is 0 Å². The van der Waals surface area contributed by atoms with Crippen LogP contribution < -0.4 is 9.64 Å². The van der Waals surface area contributed by atoms with Crippen molar-refractivity contribution in [1.82, 2.24) is 19.3 Å². The Morgan fingerprint density at radius 2 is 1.72 bits per heavy atom. The molecule has 0 unspecified atom stereocenters. The standard InChI is InChI=1S/C39H39Cl2N5O4/c1-22-19-27(20-23(2)36(22)41)50-18-8-10-28-25(4)46(38-29(28)11-13-32(40)35(38)34-24(3)43-44(6)26(34)5)17-16-45(21-47)33-14-12-31(39(48)49)37-30(33)9-7-15-42-37/h7,9,11-15,19-21H,8,10,16-18H2,1-6H3,(H,48,49). The molecule has 0 saturated carbocycles. The van der Waals surface area contributed by atoms with Crippen molar-refractivity contribution in [3.05, 3.63) is 104 Å². The largest absolute Gasteiger partial charge is 0.494 e. The van der Waals surface area contributed by atoms with Crippen LogP contribution in [-0.4, -0.2) is 50.0 Å². The third-order valence-corrected chi connectivity index (χ3v) is 10.5. The van der Waals surface area contributed by atoms with Crippen molar-refractivity contribution in [3.8, 4) is 16.9 Å². The fourth-order valence-electron chi connectivity index (χ4n) is 7.03. The van der Waals surface area contributed by atoms with Gasteiger partial charge in [0.1, 0.15) is 5.75 Å². The maximum absolute atomic E-state index is 12.7. The van der Waals surface area contributed by atoms with E-state index in [0.29, 0.717) is 41.3 Å². The van der Waals surface area contributed by atoms with E-state index in [-0.39, 0.29) is 5.56 Å². The number of carbonyl (C=O) groups is 2. The molecular formula is C39H39Cl2N5O4. The summed E-state index contributed by atoms with van der Waals surface area (Å²) in [4.78, 5) is 30.5. The van der Waals surface area contributed by atoms with Gasteiger partial charge in [0.15, 0.2) is 0 Å². The maximum atomic E-state index is 12.7. The van der Waals surface area contributed by atoms with Gasteiger partial charge in [-0.05, 0) is 107 Å². The number of ether oxygens (including phenoxy) is 1. The number of hydrogen-bond acceptors (Lipinski definition) is 5. The van der Waals surface area contributed by atoms with Gasteiger partial charge in [-0.3, -0.25) is 14.5 Å². The van der Waals surface area contributed by atoms with E-state index in [9.17, 15) is 14.7 Å². The van der Waals surface area contributed by atoms with Gasteiger partial charge in [0, 0.05) is 64.6 Å². The Hall–Kier alpha value is -4.86. The van der Waals surface area contributed by atoms with Crippen molar-refractivity contribution in [3.63, 3.8) is 0 Å². The Kier molecular flexibility index (Phi) is 9.91. The molecular weight excluding hydrogens is 673 g/mol. The molecule has 0 aliphatic rings. The smallest absolute Gasteiger partial charge is 0.337 e. The van der Waals surface area contributed by atoms with Gasteiger partial charge in [0.2, 0.25) is 6.41 Å². The first-order chi connectivity index (χ1) is 23.9. The third-order valence-electron chi connectivity index (χ3n) is 9.55. The number of nitrogens with zero attached hydrogens (tertiary/aromatic N) is 5. The monoisotopic (exact) mass is 711 g/mol. The summed E-state index contributed by atoms with van der Waals surface area (Å²) < 4.78 is 10.3. The number of fused-ring (bicyclic) bond motifs is 2. The van der Waals surface area contributed by atoms with Crippen molar-refractivity contribution in [2.24, 2.45) is 7.05 Å². The number of carboxylic acid groups (broad SMARTS) is 1. The molecule has 6 aromatic rings. The second-order valence-corrected chi connectivity index (χ2v) is 13.4. The number of aromatic carboxylic acids is 1. The normalized spacial score (nSPS) is 11.4. The molecule has 3 aromatic carbocycles. The lowest BCUT2D eigenvalue weighted by molar-refractivity contribution is -0.107. The van der Waals surface area contributed by atoms with Gasteiger partial charge in [-0.2, -0.15) is 5.10 Å². The van der Waals surface area contributed by atoms with Gasteiger partial charge in [-0.25, -0.2) is 4.79 Å². The predicted octanol–water partition coefficient (Wildman–Crippen LogP) is 8.81. The topological polar surface area (TPSA) is 102 Å². The Balaban J connectivity index is 1.39. The average Bonchev–Trinajstić information content (AvgIpc) is 3.50. The minimum atomic E-state index is -1.07. The van der Waals surface area contributed by atoms with E-state index in [4.69, 9.17) is 33.0 Å². The lowest BCUT2D eigenvalue weighted by atomic mass is 9.98. The Labute approximate surface area is 301 Å². The number of carbonyl (C=O) groups excluding carboxylic acids is 1. The summed E-state index contributed by atoms with van der Waals surface area (Å²) in [6.07, 6.45) is 3.87. The molecule has 1 amide bonds. The van der Waals surface area contributed by atoms with E-state index in [1.807, 2.05) is 57.6 Å². The fraction of sp³-hybridized carbons (Fsp3) is 0.282. The van der Waals surface area contributed by atoms with Crippen LogP contribution in [-0.2, 0) is 24.8 Å². The molecule has 3 aromatic heterocycles. The zero-order valence-electron chi connectivity index (χ0n) is 29.0. The molecule has 0 bridgehead atoms. The molecule has 0 radical (unpaired) electrons. The summed E-state index contributed by atoms with van der Waals surface area (Å²) in [5, 5.41) is 17.5. The van der Waals surface area contributed by atoms with Crippen molar-refractivity contribution in [1.29, 1.82) is 0 Å². The second-order valence-electron chi connectivity index (χ2n) is 12.7. The van der Waals surface area contributed by atoms with Crippen LogP contribution in [0.25, 0.3) is 32.9 Å². The summed E-state index contributed by atoms with van der Waals surface area (Å²) in [5.74, 6) is -0.276. The Bertz CT molecular complexity index is 2270. The molecule has 0 spiro atoms. The van der Waals surface area contributed by atoms with Gasteiger partial charge in [0.25, 0.3) is 0 Å². The summed E-state index contributed by atoms with van der Waals surface area (Å²) in [6.45, 7) is 11.4. The first kappa shape index (κ1) is 35.0. The van der Waals surface area contributed by atoms with Gasteiger partial charge in [0.05, 0.1) is 39.6 Å². The van der Waals surface area contributed by atoms with Crippen molar-refractivity contribution >= 4 is 63.1 Å². The van der Waals surface area contributed by atoms with E-state index in [0.717, 1.165) is 80.3 Å². The average molecular weight is 713 g/mol. The van der Waals surface area contributed by atoms with Crippen LogP contribution in [0, 0.1) is 34.6 Å². The maximum Gasteiger partial charge on any atom is 0.337 e. The van der Waals surface area contributed by atoms with Crippen LogP contribution in [0.4, 0.5) is 5.69 Å². The fourth-order valence-corrected chi connectivity index (χ4v) is 7.39. The highest BCUT2D eigenvalue weighted by Crippen LogP contribution is 2.42. The van der Waals surface area contributed by atoms with E-state index in [2.05, 4.69) is 22.5 Å². The number of carboxylic acids is 1. The number of hydrogen-bond donors (Lipinski definition) is 1. The first-order valence-electron chi connectivity index (χ1n) is 16.5. The summed E-state index contributed by atoms with van der Waals surface area (Å²) >= 11 is 13.4. The molecule has 9 nitrogen and oxygen atoms in total. The molecule has 0 saturated heterocycles. The van der Waals surface area contributed by atoms with Gasteiger partial charge in [-0.1, -0.05) is 29.3 Å². The summed E-state index contributed by atoms with van der Waals surface area (Å²) in [7, 11) is 1.93. The molecule has 0 aliphatic carbocycles. The van der Waals surface area contributed by atoms with Crippen LogP contribution in [0.1, 0.15) is 50.6 Å². The molecule has 11 heteroatoms. The molecule has 0 fully saturated rings. The number of halogens is 2. The Morgan fingerprint density at radius 3 is 2.38 bits per heavy atom. The minimum Gasteiger partial charge on any atom is -0.494 e. The number of benzene rings is 3. The predicted molar refractivity (Wildman–Crippen MR) is 200 cm³/mol. The van der Waals surface area contributed by atoms with Gasteiger partial charge in [-0.15, -0.1) is 0 Å². The molecule has 1 N–H and O–H groups in total. The summed E-state index contributed by atoms with van der Waals surface area (Å²) in [5.41, 5.74) is 9.96. The van der Waals surface area contributed by atoms with Crippen LogP contribution in [0.5, 0.6) is 5.75 Å². The van der Waals surface area contributed by atoms with Gasteiger partial charge >= 0.3 is 5.97 Å². The zero-order valence-corrected chi connectivity index (χ0v) is 30.5. The molecule has 258 valence electrons. The number of aromatic nitrogens is 4. The van der Waals surface area contributed by atoms with E-state index in [1.54, 1.807) is 29.3 Å². The lowest BCUT2D eigenvalue weighted by Gasteiger charge is -2.22. The molecule has 0 atom stereocenters. The highest BCUT2D eigenvalue weighted by atomic mass is 35.5.